The Bertz CT molecular complexity index is 1140. The normalized spacial score (nSPS) is 13.1. The Morgan fingerprint density at radius 1 is 0.879 bits per heavy atom. The molecular weight excluding hydrogens is 422 g/mol. The van der Waals surface area contributed by atoms with Gasteiger partial charge in [0.05, 0.1) is 25.6 Å². The lowest BCUT2D eigenvalue weighted by molar-refractivity contribution is -0.116. The highest BCUT2D eigenvalue weighted by Gasteiger charge is 2.32. The molecule has 1 aliphatic rings. The molecule has 8 heteroatoms. The van der Waals surface area contributed by atoms with E-state index in [0.29, 0.717) is 47.5 Å². The maximum absolute atomic E-state index is 13.0. The molecule has 0 unspecified atom stereocenters. The van der Waals surface area contributed by atoms with E-state index in [0.717, 1.165) is 0 Å². The van der Waals surface area contributed by atoms with E-state index in [-0.39, 0.29) is 18.5 Å². The first-order valence-corrected chi connectivity index (χ1v) is 10.5. The number of carbonyl (C=O) groups is 2. The predicted octanol–water partition coefficient (Wildman–Crippen LogP) is 4.38. The number of amides is 3. The van der Waals surface area contributed by atoms with Gasteiger partial charge in [0.25, 0.3) is 0 Å². The molecule has 3 amide bonds. The Kier molecular flexibility index (Phi) is 6.64. The van der Waals surface area contributed by atoms with Crippen LogP contribution in [0, 0.1) is 0 Å². The molecule has 1 heterocycles. The molecule has 0 radical (unpaired) electrons. The zero-order valence-electron chi connectivity index (χ0n) is 18.5. The Labute approximate surface area is 192 Å². The number of para-hydroxylation sites is 3. The molecule has 0 bridgehead atoms. The molecule has 1 saturated heterocycles. The maximum Gasteiger partial charge on any atom is 0.325 e. The molecule has 8 nitrogen and oxygen atoms in total. The molecule has 0 aliphatic carbocycles. The van der Waals surface area contributed by atoms with Crippen molar-refractivity contribution in [3.8, 4) is 23.0 Å². The number of urea groups is 1. The second-order valence-electron chi connectivity index (χ2n) is 7.35. The standard InChI is InChI=1S/C25H25N3O5/c1-31-19-12-13-23(32-2)21(16-19)28-15-14-27(25(28)30)17-24(29)26-20-10-6-7-11-22(20)33-18-8-4-3-5-9-18/h3-13,16H,14-15,17H2,1-2H3,(H,26,29). The summed E-state index contributed by atoms with van der Waals surface area (Å²) in [7, 11) is 3.11. The molecule has 0 spiro atoms. The van der Waals surface area contributed by atoms with Crippen LogP contribution in [0.1, 0.15) is 0 Å². The number of rotatable bonds is 8. The number of carbonyl (C=O) groups excluding carboxylic acids is 2. The van der Waals surface area contributed by atoms with Crippen LogP contribution in [0.25, 0.3) is 0 Å². The molecule has 1 aliphatic heterocycles. The Morgan fingerprint density at radius 3 is 2.39 bits per heavy atom. The molecule has 170 valence electrons. The van der Waals surface area contributed by atoms with Crippen LogP contribution in [0.3, 0.4) is 0 Å². The first-order chi connectivity index (χ1) is 16.1. The summed E-state index contributed by atoms with van der Waals surface area (Å²) in [5.41, 5.74) is 1.13. The maximum atomic E-state index is 13.0. The summed E-state index contributed by atoms with van der Waals surface area (Å²) in [6.45, 7) is 0.763. The van der Waals surface area contributed by atoms with E-state index in [2.05, 4.69) is 5.32 Å². The van der Waals surface area contributed by atoms with E-state index in [9.17, 15) is 9.59 Å². The summed E-state index contributed by atoms with van der Waals surface area (Å²) in [5.74, 6) is 2.04. The van der Waals surface area contributed by atoms with Crippen molar-refractivity contribution in [2.75, 3.05) is 44.1 Å². The molecule has 33 heavy (non-hydrogen) atoms. The summed E-state index contributed by atoms with van der Waals surface area (Å²) in [6.07, 6.45) is 0. The van der Waals surface area contributed by atoms with Crippen molar-refractivity contribution in [3.63, 3.8) is 0 Å². The van der Waals surface area contributed by atoms with E-state index >= 15 is 0 Å². The largest absolute Gasteiger partial charge is 0.497 e. The van der Waals surface area contributed by atoms with Gasteiger partial charge in [-0.1, -0.05) is 30.3 Å². The summed E-state index contributed by atoms with van der Waals surface area (Å²) < 4.78 is 16.6. The van der Waals surface area contributed by atoms with Gasteiger partial charge in [-0.15, -0.1) is 0 Å². The van der Waals surface area contributed by atoms with Gasteiger partial charge in [0, 0.05) is 19.2 Å². The number of nitrogens with one attached hydrogen (secondary N) is 1. The van der Waals surface area contributed by atoms with Crippen molar-refractivity contribution in [1.29, 1.82) is 0 Å². The topological polar surface area (TPSA) is 80.3 Å². The average Bonchev–Trinajstić information content (AvgIpc) is 3.20. The van der Waals surface area contributed by atoms with Crippen LogP contribution in [0.15, 0.2) is 72.8 Å². The third kappa shape index (κ3) is 5.01. The van der Waals surface area contributed by atoms with Gasteiger partial charge in [-0.05, 0) is 36.4 Å². The number of hydrogen-bond acceptors (Lipinski definition) is 5. The van der Waals surface area contributed by atoms with Gasteiger partial charge in [0.1, 0.15) is 23.8 Å². The molecule has 0 aromatic heterocycles. The van der Waals surface area contributed by atoms with E-state index in [1.54, 1.807) is 49.5 Å². The van der Waals surface area contributed by atoms with Crippen LogP contribution in [0.4, 0.5) is 16.2 Å². The Morgan fingerprint density at radius 2 is 1.64 bits per heavy atom. The van der Waals surface area contributed by atoms with Gasteiger partial charge < -0.3 is 24.4 Å². The Hall–Kier alpha value is -4.20. The average molecular weight is 447 g/mol. The number of hydrogen-bond donors (Lipinski definition) is 1. The zero-order valence-corrected chi connectivity index (χ0v) is 18.5. The van der Waals surface area contributed by atoms with E-state index in [1.807, 2.05) is 42.5 Å². The molecule has 3 aromatic rings. The van der Waals surface area contributed by atoms with Crippen LogP contribution in [0.2, 0.25) is 0 Å². The van der Waals surface area contributed by atoms with Crippen molar-refractivity contribution < 1.29 is 23.8 Å². The highest BCUT2D eigenvalue weighted by molar-refractivity contribution is 6.00. The number of anilines is 2. The van der Waals surface area contributed by atoms with E-state index < -0.39 is 0 Å². The number of benzene rings is 3. The molecule has 1 fully saturated rings. The summed E-state index contributed by atoms with van der Waals surface area (Å²) in [4.78, 5) is 28.9. The fraction of sp³-hybridized carbons (Fsp3) is 0.200. The molecule has 0 saturated carbocycles. The first-order valence-electron chi connectivity index (χ1n) is 10.5. The molecule has 0 atom stereocenters. The predicted molar refractivity (Wildman–Crippen MR) is 125 cm³/mol. The van der Waals surface area contributed by atoms with Gasteiger partial charge in [-0.2, -0.15) is 0 Å². The van der Waals surface area contributed by atoms with Crippen molar-refractivity contribution in [2.45, 2.75) is 0 Å². The lowest BCUT2D eigenvalue weighted by atomic mass is 10.2. The Balaban J connectivity index is 1.43. The van der Waals surface area contributed by atoms with Crippen LogP contribution < -0.4 is 24.4 Å². The van der Waals surface area contributed by atoms with Crippen molar-refractivity contribution in [3.05, 3.63) is 72.8 Å². The smallest absolute Gasteiger partial charge is 0.325 e. The zero-order chi connectivity index (χ0) is 23.2. The van der Waals surface area contributed by atoms with Gasteiger partial charge in [-0.25, -0.2) is 4.79 Å². The SMILES string of the molecule is COc1ccc(OC)c(N2CCN(CC(=O)Nc3ccccc3Oc3ccccc3)C2=O)c1. The number of nitrogens with zero attached hydrogens (tertiary/aromatic N) is 2. The van der Waals surface area contributed by atoms with Gasteiger partial charge in [0.15, 0.2) is 5.75 Å². The first kappa shape index (κ1) is 22.0. The molecule has 3 aromatic carbocycles. The third-order valence-electron chi connectivity index (χ3n) is 5.24. The number of methoxy groups -OCH3 is 2. The van der Waals surface area contributed by atoms with Gasteiger partial charge in [0.2, 0.25) is 5.91 Å². The van der Waals surface area contributed by atoms with Crippen LogP contribution in [-0.2, 0) is 4.79 Å². The monoisotopic (exact) mass is 447 g/mol. The van der Waals surface area contributed by atoms with Crippen LogP contribution in [-0.4, -0.2) is 50.7 Å². The minimum Gasteiger partial charge on any atom is -0.497 e. The fourth-order valence-corrected chi connectivity index (χ4v) is 3.60. The van der Waals surface area contributed by atoms with Crippen molar-refractivity contribution >= 4 is 23.3 Å². The highest BCUT2D eigenvalue weighted by Crippen LogP contribution is 2.34. The summed E-state index contributed by atoms with van der Waals surface area (Å²) >= 11 is 0. The van der Waals surface area contributed by atoms with E-state index in [1.165, 1.54) is 4.90 Å². The quantitative estimate of drug-likeness (QED) is 0.554. The van der Waals surface area contributed by atoms with Crippen molar-refractivity contribution in [1.82, 2.24) is 4.90 Å². The molecular formula is C25H25N3O5. The molecule has 1 N–H and O–H groups in total. The van der Waals surface area contributed by atoms with Crippen molar-refractivity contribution in [2.24, 2.45) is 0 Å². The fourth-order valence-electron chi connectivity index (χ4n) is 3.60. The van der Waals surface area contributed by atoms with Crippen LogP contribution >= 0.6 is 0 Å². The third-order valence-corrected chi connectivity index (χ3v) is 5.24. The summed E-state index contributed by atoms with van der Waals surface area (Å²) in [5, 5.41) is 2.85. The minimum absolute atomic E-state index is 0.0821. The van der Waals surface area contributed by atoms with Gasteiger partial charge >= 0.3 is 6.03 Å². The highest BCUT2D eigenvalue weighted by atomic mass is 16.5. The second kappa shape index (κ2) is 9.95. The van der Waals surface area contributed by atoms with E-state index in [4.69, 9.17) is 14.2 Å². The lowest BCUT2D eigenvalue weighted by Gasteiger charge is -2.21. The lowest BCUT2D eigenvalue weighted by Crippen LogP contribution is -2.37. The molecule has 4 rings (SSSR count). The number of ether oxygens (including phenoxy) is 3. The minimum atomic E-state index is -0.313. The second-order valence-corrected chi connectivity index (χ2v) is 7.35. The van der Waals surface area contributed by atoms with Gasteiger partial charge in [-0.3, -0.25) is 9.69 Å². The van der Waals surface area contributed by atoms with Crippen LogP contribution in [0.5, 0.6) is 23.0 Å². The summed E-state index contributed by atoms with van der Waals surface area (Å²) in [6, 6.07) is 21.5.